The van der Waals surface area contributed by atoms with Crippen molar-refractivity contribution in [3.05, 3.63) is 46.8 Å². The Morgan fingerprint density at radius 3 is 2.45 bits per heavy atom. The molecule has 2 aliphatic rings. The summed E-state index contributed by atoms with van der Waals surface area (Å²) in [6, 6.07) is 9.19. The highest BCUT2D eigenvalue weighted by molar-refractivity contribution is 7.15. The summed E-state index contributed by atoms with van der Waals surface area (Å²) in [7, 11) is 0. The molecule has 1 aliphatic carbocycles. The van der Waals surface area contributed by atoms with Crippen molar-refractivity contribution in [3.63, 3.8) is 0 Å². The fourth-order valence-electron chi connectivity index (χ4n) is 4.05. The Hall–Kier alpha value is -2.91. The highest BCUT2D eigenvalue weighted by Gasteiger charge is 2.32. The van der Waals surface area contributed by atoms with E-state index in [1.807, 2.05) is 35.7 Å². The van der Waals surface area contributed by atoms with E-state index in [1.165, 1.54) is 11.3 Å². The summed E-state index contributed by atoms with van der Waals surface area (Å²) in [6.07, 6.45) is 3.69. The lowest BCUT2D eigenvalue weighted by atomic mass is 10.1. The Kier molecular flexibility index (Phi) is 7.61. The van der Waals surface area contributed by atoms with E-state index in [-0.39, 0.29) is 30.5 Å². The van der Waals surface area contributed by atoms with Gasteiger partial charge in [-0.2, -0.15) is 0 Å². The van der Waals surface area contributed by atoms with Crippen LogP contribution in [0.25, 0.3) is 0 Å². The molecule has 9 heteroatoms. The molecule has 8 nitrogen and oxygen atoms in total. The van der Waals surface area contributed by atoms with Gasteiger partial charge in [0.25, 0.3) is 0 Å². The third kappa shape index (κ3) is 6.33. The number of benzene rings is 1. The predicted molar refractivity (Wildman–Crippen MR) is 129 cm³/mol. The number of ether oxygens (including phenoxy) is 1. The van der Waals surface area contributed by atoms with Crippen molar-refractivity contribution in [2.75, 3.05) is 36.9 Å². The van der Waals surface area contributed by atoms with Crippen LogP contribution >= 0.6 is 11.3 Å². The lowest BCUT2D eigenvalue weighted by molar-refractivity contribution is -0.117. The molecule has 2 heterocycles. The number of nitrogens with zero attached hydrogens (tertiary/aromatic N) is 1. The van der Waals surface area contributed by atoms with Gasteiger partial charge in [-0.1, -0.05) is 18.2 Å². The number of rotatable bonds is 8. The van der Waals surface area contributed by atoms with Crippen LogP contribution in [0.15, 0.2) is 35.7 Å². The van der Waals surface area contributed by atoms with Gasteiger partial charge in [0.2, 0.25) is 5.91 Å². The van der Waals surface area contributed by atoms with Crippen molar-refractivity contribution in [2.24, 2.45) is 0 Å². The van der Waals surface area contributed by atoms with Crippen LogP contribution in [0.4, 0.5) is 15.5 Å². The molecule has 4 rings (SSSR count). The number of para-hydroxylation sites is 1. The minimum absolute atomic E-state index is 0.0711. The zero-order chi connectivity index (χ0) is 23.2. The Morgan fingerprint density at radius 1 is 1.06 bits per heavy atom. The first-order chi connectivity index (χ1) is 16.0. The summed E-state index contributed by atoms with van der Waals surface area (Å²) in [6.45, 7) is 3.77. The third-order valence-corrected chi connectivity index (χ3v) is 6.80. The van der Waals surface area contributed by atoms with Crippen molar-refractivity contribution >= 4 is 39.9 Å². The first-order valence-electron chi connectivity index (χ1n) is 11.5. The number of esters is 1. The summed E-state index contributed by atoms with van der Waals surface area (Å²) in [5.74, 6) is -0.105. The number of likely N-dealkylation sites (tertiary alicyclic amines) is 1. The number of carbonyl (C=O) groups excluding carboxylic acids is 3. The second-order valence-electron chi connectivity index (χ2n) is 8.45. The number of piperidine rings is 1. The van der Waals surface area contributed by atoms with E-state index >= 15 is 0 Å². The summed E-state index contributed by atoms with van der Waals surface area (Å²) in [5.41, 5.74) is 2.27. The maximum Gasteiger partial charge on any atom is 0.341 e. The maximum absolute atomic E-state index is 12.7. The maximum atomic E-state index is 12.7. The zero-order valence-corrected chi connectivity index (χ0v) is 19.6. The van der Waals surface area contributed by atoms with E-state index in [0.29, 0.717) is 36.2 Å². The molecule has 1 aromatic heterocycles. The molecule has 3 N–H and O–H groups in total. The topological polar surface area (TPSA) is 99.8 Å². The Morgan fingerprint density at radius 2 is 1.79 bits per heavy atom. The van der Waals surface area contributed by atoms with Gasteiger partial charge in [0.1, 0.15) is 5.00 Å². The average molecular weight is 471 g/mol. The standard InChI is InChI=1S/C24H30N4O4S/c1-2-32-23(30)21-19(16-8-9-16)15-33-22(21)27-20(29)14-28-12-10-18(11-13-28)26-24(31)25-17-6-4-3-5-7-17/h3-7,15-16,18H,2,8-14H2,1H3,(H,27,29)(H2,25,26,31). The molecule has 0 bridgehead atoms. The Bertz CT molecular complexity index is 982. The summed E-state index contributed by atoms with van der Waals surface area (Å²) < 4.78 is 5.22. The second-order valence-corrected chi connectivity index (χ2v) is 9.33. The van der Waals surface area contributed by atoms with Crippen LogP contribution in [0.5, 0.6) is 0 Å². The molecule has 1 aliphatic heterocycles. The number of nitrogens with one attached hydrogen (secondary N) is 3. The van der Waals surface area contributed by atoms with Gasteiger partial charge >= 0.3 is 12.0 Å². The van der Waals surface area contributed by atoms with Crippen LogP contribution < -0.4 is 16.0 Å². The van der Waals surface area contributed by atoms with Crippen molar-refractivity contribution < 1.29 is 19.1 Å². The molecule has 0 radical (unpaired) electrons. The number of hydrogen-bond donors (Lipinski definition) is 3. The SMILES string of the molecule is CCOC(=O)c1c(C2CC2)csc1NC(=O)CN1CCC(NC(=O)Nc2ccccc2)CC1. The minimum atomic E-state index is -0.364. The van der Waals surface area contributed by atoms with Gasteiger partial charge in [-0.05, 0) is 61.6 Å². The van der Waals surface area contributed by atoms with E-state index in [1.54, 1.807) is 6.92 Å². The van der Waals surface area contributed by atoms with Gasteiger partial charge in [0.15, 0.2) is 0 Å². The fraction of sp³-hybridized carbons (Fsp3) is 0.458. The van der Waals surface area contributed by atoms with Crippen LogP contribution in [0, 0.1) is 0 Å². The number of urea groups is 1. The van der Waals surface area contributed by atoms with Gasteiger partial charge in [0, 0.05) is 24.8 Å². The smallest absolute Gasteiger partial charge is 0.341 e. The average Bonchev–Trinajstić information content (AvgIpc) is 3.56. The first kappa shape index (κ1) is 23.3. The summed E-state index contributed by atoms with van der Waals surface area (Å²) in [4.78, 5) is 39.4. The van der Waals surface area contributed by atoms with Crippen LogP contribution in [-0.4, -0.2) is 55.1 Å². The third-order valence-electron chi connectivity index (χ3n) is 5.89. The molecule has 3 amide bonds. The van der Waals surface area contributed by atoms with Gasteiger partial charge < -0.3 is 20.7 Å². The van der Waals surface area contributed by atoms with Gasteiger partial charge in [-0.25, -0.2) is 9.59 Å². The van der Waals surface area contributed by atoms with Crippen LogP contribution in [0.2, 0.25) is 0 Å². The van der Waals surface area contributed by atoms with Gasteiger partial charge in [-0.15, -0.1) is 11.3 Å². The summed E-state index contributed by atoms with van der Waals surface area (Å²) >= 11 is 1.39. The molecule has 0 atom stereocenters. The quantitative estimate of drug-likeness (QED) is 0.506. The highest BCUT2D eigenvalue weighted by Crippen LogP contribution is 2.46. The molecule has 0 spiro atoms. The predicted octanol–water partition coefficient (Wildman–Crippen LogP) is 4.03. The largest absolute Gasteiger partial charge is 0.462 e. The second kappa shape index (κ2) is 10.8. The molecule has 1 saturated carbocycles. The molecule has 176 valence electrons. The lowest BCUT2D eigenvalue weighted by Gasteiger charge is -2.31. The highest BCUT2D eigenvalue weighted by atomic mass is 32.1. The zero-order valence-electron chi connectivity index (χ0n) is 18.8. The molecule has 1 saturated heterocycles. The van der Waals surface area contributed by atoms with E-state index in [9.17, 15) is 14.4 Å². The number of amides is 3. The number of hydrogen-bond acceptors (Lipinski definition) is 6. The van der Waals surface area contributed by atoms with E-state index in [2.05, 4.69) is 20.9 Å². The van der Waals surface area contributed by atoms with Crippen LogP contribution in [-0.2, 0) is 9.53 Å². The van der Waals surface area contributed by atoms with E-state index < -0.39 is 0 Å². The minimum Gasteiger partial charge on any atom is -0.462 e. The molecular formula is C24H30N4O4S. The first-order valence-corrected chi connectivity index (χ1v) is 12.3. The van der Waals surface area contributed by atoms with Crippen molar-refractivity contribution in [1.82, 2.24) is 10.2 Å². The molecule has 33 heavy (non-hydrogen) atoms. The van der Waals surface area contributed by atoms with Crippen LogP contribution in [0.3, 0.4) is 0 Å². The van der Waals surface area contributed by atoms with Crippen molar-refractivity contribution in [1.29, 1.82) is 0 Å². The molecule has 2 fully saturated rings. The number of thiophene rings is 1. The number of anilines is 2. The monoisotopic (exact) mass is 470 g/mol. The molecule has 2 aromatic rings. The van der Waals surface area contributed by atoms with Crippen LogP contribution in [0.1, 0.15) is 54.4 Å². The van der Waals surface area contributed by atoms with Gasteiger partial charge in [0.05, 0.1) is 18.7 Å². The molecule has 0 unspecified atom stereocenters. The van der Waals surface area contributed by atoms with E-state index in [0.717, 1.165) is 36.9 Å². The lowest BCUT2D eigenvalue weighted by Crippen LogP contribution is -2.47. The Labute approximate surface area is 197 Å². The van der Waals surface area contributed by atoms with Gasteiger partial charge in [-0.3, -0.25) is 9.69 Å². The normalized spacial score (nSPS) is 16.8. The Balaban J connectivity index is 1.24. The molecular weight excluding hydrogens is 440 g/mol. The van der Waals surface area contributed by atoms with Crippen molar-refractivity contribution in [3.8, 4) is 0 Å². The van der Waals surface area contributed by atoms with E-state index in [4.69, 9.17) is 4.74 Å². The number of carbonyl (C=O) groups is 3. The van der Waals surface area contributed by atoms with Crippen molar-refractivity contribution in [2.45, 2.75) is 44.6 Å². The molecule has 1 aromatic carbocycles. The summed E-state index contributed by atoms with van der Waals surface area (Å²) in [5, 5.41) is 11.3. The fourth-order valence-corrected chi connectivity index (χ4v) is 5.10.